The van der Waals surface area contributed by atoms with Gasteiger partial charge in [0.05, 0.1) is 17.6 Å². The molecule has 0 radical (unpaired) electrons. The van der Waals surface area contributed by atoms with Crippen LogP contribution in [0.1, 0.15) is 30.4 Å². The first-order valence-electron chi connectivity index (χ1n) is 8.47. The van der Waals surface area contributed by atoms with E-state index in [1.165, 1.54) is 0 Å². The van der Waals surface area contributed by atoms with Gasteiger partial charge in [0.1, 0.15) is 0 Å². The molecule has 1 spiro atoms. The molecule has 5 nitrogen and oxygen atoms in total. The third-order valence-corrected chi connectivity index (χ3v) is 6.66. The Balaban J connectivity index is 1.80. The van der Waals surface area contributed by atoms with E-state index < -0.39 is 17.1 Å². The number of benzene rings is 1. The number of ketones is 1. The summed E-state index contributed by atoms with van der Waals surface area (Å²) in [6, 6.07) is 3.40. The second-order valence-corrected chi connectivity index (χ2v) is 7.45. The summed E-state index contributed by atoms with van der Waals surface area (Å²) >= 11 is 0. The van der Waals surface area contributed by atoms with Crippen molar-refractivity contribution in [1.82, 2.24) is 4.90 Å². The highest BCUT2D eigenvalue weighted by atomic mass is 16.5. The van der Waals surface area contributed by atoms with Crippen molar-refractivity contribution in [2.24, 2.45) is 0 Å². The molecule has 5 heteroatoms. The number of likely N-dealkylation sites (tertiary alicyclic amines) is 1. The standard InChI is InChI=1S/C19H19NO4/c1-2-8-20-9-7-18-15-11-3-4-12(21)16(15)24-17(18)13(22)5-6-19(18,23)14(20)10-11/h1,3-4,14,17,21,23H,5-10H2/t14-,17+,18+,19?/m1/s1. The van der Waals surface area contributed by atoms with Gasteiger partial charge in [-0.1, -0.05) is 12.0 Å². The maximum absolute atomic E-state index is 12.6. The van der Waals surface area contributed by atoms with Crippen LogP contribution in [0.2, 0.25) is 0 Å². The van der Waals surface area contributed by atoms with Crippen LogP contribution < -0.4 is 4.74 Å². The Kier molecular flexibility index (Phi) is 2.58. The summed E-state index contributed by atoms with van der Waals surface area (Å²) in [4.78, 5) is 14.8. The number of nitrogens with zero attached hydrogens (tertiary/aromatic N) is 1. The van der Waals surface area contributed by atoms with Crippen LogP contribution in [0.15, 0.2) is 12.1 Å². The Hall–Kier alpha value is -2.03. The minimum absolute atomic E-state index is 0.0206. The number of hydrogen-bond donors (Lipinski definition) is 2. The number of piperidine rings is 1. The number of Topliss-reactive ketones (excluding diaryl/α,β-unsaturated/α-hetero) is 1. The number of carbonyl (C=O) groups excluding carboxylic acids is 1. The summed E-state index contributed by atoms with van der Waals surface area (Å²) in [6.07, 6.45) is 6.82. The van der Waals surface area contributed by atoms with Crippen molar-refractivity contribution in [2.75, 3.05) is 13.1 Å². The lowest BCUT2D eigenvalue weighted by Gasteiger charge is -2.62. The Morgan fingerprint density at radius 3 is 3.04 bits per heavy atom. The Morgan fingerprint density at radius 2 is 2.25 bits per heavy atom. The molecule has 2 fully saturated rings. The van der Waals surface area contributed by atoms with Gasteiger partial charge in [0.2, 0.25) is 0 Å². The van der Waals surface area contributed by atoms with E-state index in [-0.39, 0.29) is 17.6 Å². The highest BCUT2D eigenvalue weighted by Gasteiger charge is 2.73. The summed E-state index contributed by atoms with van der Waals surface area (Å²) in [5, 5.41) is 22.1. The van der Waals surface area contributed by atoms with E-state index in [4.69, 9.17) is 11.2 Å². The zero-order chi connectivity index (χ0) is 16.7. The number of carbonyl (C=O) groups is 1. The van der Waals surface area contributed by atoms with Crippen molar-refractivity contribution >= 4 is 5.78 Å². The summed E-state index contributed by atoms with van der Waals surface area (Å²) < 4.78 is 5.96. The third-order valence-electron chi connectivity index (χ3n) is 6.66. The molecule has 1 aromatic rings. The molecule has 0 amide bonds. The van der Waals surface area contributed by atoms with E-state index in [0.29, 0.717) is 38.0 Å². The molecule has 1 saturated carbocycles. The lowest BCUT2D eigenvalue weighted by molar-refractivity contribution is -0.186. The second kappa shape index (κ2) is 4.33. The van der Waals surface area contributed by atoms with Crippen LogP contribution in [0.4, 0.5) is 0 Å². The van der Waals surface area contributed by atoms with Gasteiger partial charge in [0.15, 0.2) is 23.4 Å². The zero-order valence-corrected chi connectivity index (χ0v) is 13.3. The van der Waals surface area contributed by atoms with Crippen LogP contribution in [-0.2, 0) is 16.6 Å². The van der Waals surface area contributed by atoms with Crippen molar-refractivity contribution in [3.63, 3.8) is 0 Å². The van der Waals surface area contributed by atoms with E-state index in [9.17, 15) is 15.0 Å². The van der Waals surface area contributed by atoms with Crippen molar-refractivity contribution in [2.45, 2.75) is 48.8 Å². The number of rotatable bonds is 1. The van der Waals surface area contributed by atoms with E-state index in [0.717, 1.165) is 17.7 Å². The monoisotopic (exact) mass is 325 g/mol. The van der Waals surface area contributed by atoms with E-state index in [1.54, 1.807) is 6.07 Å². The van der Waals surface area contributed by atoms with Gasteiger partial charge in [-0.3, -0.25) is 9.69 Å². The highest BCUT2D eigenvalue weighted by molar-refractivity contribution is 5.90. The maximum Gasteiger partial charge on any atom is 0.174 e. The van der Waals surface area contributed by atoms with Crippen molar-refractivity contribution in [3.05, 3.63) is 23.3 Å². The fourth-order valence-corrected chi connectivity index (χ4v) is 5.72. The smallest absolute Gasteiger partial charge is 0.174 e. The van der Waals surface area contributed by atoms with Crippen LogP contribution in [0, 0.1) is 12.3 Å². The summed E-state index contributed by atoms with van der Waals surface area (Å²) in [5.74, 6) is 3.17. The summed E-state index contributed by atoms with van der Waals surface area (Å²) in [6.45, 7) is 1.21. The van der Waals surface area contributed by atoms with Gasteiger partial charge in [-0.15, -0.1) is 6.42 Å². The molecule has 4 atom stereocenters. The van der Waals surface area contributed by atoms with E-state index in [2.05, 4.69) is 10.8 Å². The van der Waals surface area contributed by atoms with Crippen LogP contribution in [0.5, 0.6) is 11.5 Å². The molecule has 2 aliphatic heterocycles. The molecule has 2 N–H and O–H groups in total. The van der Waals surface area contributed by atoms with Gasteiger partial charge in [0, 0.05) is 24.6 Å². The lowest BCUT2D eigenvalue weighted by atomic mass is 9.49. The SMILES string of the molecule is C#CCN1CC[C@]23c4c5ccc(O)c4O[C@H]2C(=O)CCC3(O)[C@H]1C5. The van der Waals surface area contributed by atoms with Crippen LogP contribution in [0.25, 0.3) is 0 Å². The minimum Gasteiger partial charge on any atom is -0.504 e. The molecular weight excluding hydrogens is 306 g/mol. The number of phenols is 1. The second-order valence-electron chi connectivity index (χ2n) is 7.45. The first kappa shape index (κ1) is 14.3. The van der Waals surface area contributed by atoms with Gasteiger partial charge >= 0.3 is 0 Å². The van der Waals surface area contributed by atoms with Crippen LogP contribution in [0.3, 0.4) is 0 Å². The van der Waals surface area contributed by atoms with Crippen molar-refractivity contribution < 1.29 is 19.7 Å². The first-order valence-corrected chi connectivity index (χ1v) is 8.47. The third kappa shape index (κ3) is 1.35. The zero-order valence-electron chi connectivity index (χ0n) is 13.3. The predicted molar refractivity (Wildman–Crippen MR) is 85.9 cm³/mol. The van der Waals surface area contributed by atoms with E-state index in [1.807, 2.05) is 6.07 Å². The molecule has 1 aromatic carbocycles. The summed E-state index contributed by atoms with van der Waals surface area (Å²) in [5.41, 5.74) is 0.114. The van der Waals surface area contributed by atoms with Gasteiger partial charge in [-0.2, -0.15) is 0 Å². The topological polar surface area (TPSA) is 70.0 Å². The Morgan fingerprint density at radius 1 is 1.42 bits per heavy atom. The summed E-state index contributed by atoms with van der Waals surface area (Å²) in [7, 11) is 0. The molecule has 1 saturated heterocycles. The molecule has 2 bridgehead atoms. The minimum atomic E-state index is -1.05. The number of aliphatic hydroxyl groups is 1. The molecule has 0 aromatic heterocycles. The largest absolute Gasteiger partial charge is 0.504 e. The fourth-order valence-electron chi connectivity index (χ4n) is 5.72. The predicted octanol–water partition coefficient (Wildman–Crippen LogP) is 0.749. The molecule has 2 heterocycles. The molecular formula is C19H19NO4. The van der Waals surface area contributed by atoms with Gasteiger partial charge in [0.25, 0.3) is 0 Å². The number of ether oxygens (including phenoxy) is 1. The average molecular weight is 325 g/mol. The number of terminal acetylenes is 1. The molecule has 4 aliphatic rings. The number of aromatic hydroxyl groups is 1. The average Bonchev–Trinajstić information content (AvgIpc) is 2.91. The van der Waals surface area contributed by atoms with Gasteiger partial charge in [-0.25, -0.2) is 0 Å². The van der Waals surface area contributed by atoms with Gasteiger partial charge < -0.3 is 14.9 Å². The molecule has 2 aliphatic carbocycles. The normalized spacial score (nSPS) is 39.1. The van der Waals surface area contributed by atoms with E-state index >= 15 is 0 Å². The molecule has 124 valence electrons. The fraction of sp³-hybridized carbons (Fsp3) is 0.526. The van der Waals surface area contributed by atoms with Crippen molar-refractivity contribution in [1.29, 1.82) is 0 Å². The molecule has 24 heavy (non-hydrogen) atoms. The van der Waals surface area contributed by atoms with Crippen LogP contribution >= 0.6 is 0 Å². The highest BCUT2D eigenvalue weighted by Crippen LogP contribution is 2.64. The number of hydrogen-bond acceptors (Lipinski definition) is 5. The lowest BCUT2D eigenvalue weighted by Crippen LogP contribution is -2.76. The maximum atomic E-state index is 12.6. The first-order chi connectivity index (χ1) is 11.5. The number of phenolic OH excluding ortho intramolecular Hbond substituents is 1. The molecule has 1 unspecified atom stereocenters. The Labute approximate surface area is 140 Å². The van der Waals surface area contributed by atoms with Crippen molar-refractivity contribution in [3.8, 4) is 23.8 Å². The quantitative estimate of drug-likeness (QED) is 0.746. The molecule has 5 rings (SSSR count). The Bertz CT molecular complexity index is 812. The van der Waals surface area contributed by atoms with Crippen LogP contribution in [-0.4, -0.2) is 51.7 Å². The van der Waals surface area contributed by atoms with Gasteiger partial charge in [-0.05, 0) is 30.9 Å².